The van der Waals surface area contributed by atoms with Crippen LogP contribution in [0.3, 0.4) is 0 Å². The Morgan fingerprint density at radius 1 is 1.23 bits per heavy atom. The molecule has 0 atom stereocenters. The average molecular weight is 440 g/mol. The van der Waals surface area contributed by atoms with Crippen LogP contribution in [0.4, 0.5) is 0 Å². The summed E-state index contributed by atoms with van der Waals surface area (Å²) in [6, 6.07) is 9.86. The molecule has 3 heterocycles. The molecule has 8 nitrogen and oxygen atoms in total. The first-order chi connectivity index (χ1) is 15.2. The quantitative estimate of drug-likeness (QED) is 0.569. The van der Waals surface area contributed by atoms with E-state index in [1.165, 1.54) is 29.9 Å². The van der Waals surface area contributed by atoms with Gasteiger partial charge >= 0.3 is 0 Å². The number of amides is 2. The Morgan fingerprint density at radius 2 is 2.03 bits per heavy atom. The number of benzene rings is 1. The van der Waals surface area contributed by atoms with Gasteiger partial charge in [0.2, 0.25) is 5.91 Å². The highest BCUT2D eigenvalue weighted by Gasteiger charge is 2.25. The fourth-order valence-corrected chi connectivity index (χ4v) is 4.46. The van der Waals surface area contributed by atoms with Crippen LogP contribution >= 0.6 is 11.8 Å². The van der Waals surface area contributed by atoms with E-state index in [0.717, 1.165) is 24.9 Å². The van der Waals surface area contributed by atoms with Crippen molar-refractivity contribution in [3.8, 4) is 5.69 Å². The normalized spacial score (nSPS) is 14.5. The summed E-state index contributed by atoms with van der Waals surface area (Å²) in [6.45, 7) is 3.34. The summed E-state index contributed by atoms with van der Waals surface area (Å²) in [4.78, 5) is 26.7. The number of aromatic nitrogens is 3. The highest BCUT2D eigenvalue weighted by Crippen LogP contribution is 2.22. The van der Waals surface area contributed by atoms with Crippen LogP contribution in [0.1, 0.15) is 35.7 Å². The first-order valence-corrected chi connectivity index (χ1v) is 11.4. The second-order valence-electron chi connectivity index (χ2n) is 7.40. The van der Waals surface area contributed by atoms with E-state index in [1.807, 2.05) is 22.8 Å². The van der Waals surface area contributed by atoms with Gasteiger partial charge in [-0.2, -0.15) is 0 Å². The van der Waals surface area contributed by atoms with Crippen molar-refractivity contribution in [3.05, 3.63) is 60.3 Å². The largest absolute Gasteiger partial charge is 0.472 e. The summed E-state index contributed by atoms with van der Waals surface area (Å²) in [6.07, 6.45) is 7.02. The number of carbonyl (C=O) groups excluding carboxylic acids is 2. The van der Waals surface area contributed by atoms with Gasteiger partial charge in [0, 0.05) is 19.1 Å². The Bertz CT molecular complexity index is 1030. The molecule has 1 N–H and O–H groups in total. The molecule has 0 unspecified atom stereocenters. The van der Waals surface area contributed by atoms with Gasteiger partial charge in [-0.15, -0.1) is 10.2 Å². The number of hydrogen-bond acceptors (Lipinski definition) is 6. The molecule has 3 aromatic rings. The summed E-state index contributed by atoms with van der Waals surface area (Å²) in [5.41, 5.74) is 2.80. The fraction of sp³-hybridized carbons (Fsp3) is 0.364. The van der Waals surface area contributed by atoms with Gasteiger partial charge in [0.05, 0.1) is 23.3 Å². The lowest BCUT2D eigenvalue weighted by Gasteiger charge is -2.32. The van der Waals surface area contributed by atoms with E-state index >= 15 is 0 Å². The van der Waals surface area contributed by atoms with E-state index in [9.17, 15) is 9.59 Å². The smallest absolute Gasteiger partial charge is 0.257 e. The SMILES string of the molecule is CCc1ccccc1-n1cnnc1SCC(=O)NC1CCN(C(=O)c2ccoc2)CC1. The molecule has 2 amide bonds. The van der Waals surface area contributed by atoms with Crippen molar-refractivity contribution >= 4 is 23.6 Å². The van der Waals surface area contributed by atoms with E-state index in [-0.39, 0.29) is 23.6 Å². The van der Waals surface area contributed by atoms with Crippen molar-refractivity contribution in [1.82, 2.24) is 25.0 Å². The Hall–Kier alpha value is -3.07. The van der Waals surface area contributed by atoms with Gasteiger partial charge in [0.25, 0.3) is 5.91 Å². The van der Waals surface area contributed by atoms with Crippen molar-refractivity contribution in [2.45, 2.75) is 37.4 Å². The van der Waals surface area contributed by atoms with Gasteiger partial charge in [-0.05, 0) is 37.0 Å². The minimum absolute atomic E-state index is 0.0271. The first kappa shape index (κ1) is 21.2. The maximum absolute atomic E-state index is 12.5. The van der Waals surface area contributed by atoms with Crippen LogP contribution < -0.4 is 5.32 Å². The summed E-state index contributed by atoms with van der Waals surface area (Å²) >= 11 is 1.37. The third kappa shape index (κ3) is 4.99. The van der Waals surface area contributed by atoms with Gasteiger partial charge in [0.15, 0.2) is 5.16 Å². The number of likely N-dealkylation sites (tertiary alicyclic amines) is 1. The molecule has 1 fully saturated rings. The van der Waals surface area contributed by atoms with Crippen LogP contribution in [0.25, 0.3) is 5.69 Å². The lowest BCUT2D eigenvalue weighted by Crippen LogP contribution is -2.46. The minimum Gasteiger partial charge on any atom is -0.472 e. The molecular weight excluding hydrogens is 414 g/mol. The van der Waals surface area contributed by atoms with Gasteiger partial charge < -0.3 is 14.6 Å². The molecule has 1 aromatic carbocycles. The number of carbonyl (C=O) groups is 2. The molecule has 2 aromatic heterocycles. The molecule has 0 bridgehead atoms. The van der Waals surface area contributed by atoms with Crippen molar-refractivity contribution < 1.29 is 14.0 Å². The molecule has 162 valence electrons. The first-order valence-electron chi connectivity index (χ1n) is 10.4. The van der Waals surface area contributed by atoms with Crippen LogP contribution in [0.5, 0.6) is 0 Å². The molecule has 0 radical (unpaired) electrons. The highest BCUT2D eigenvalue weighted by atomic mass is 32.2. The van der Waals surface area contributed by atoms with E-state index in [4.69, 9.17) is 4.42 Å². The minimum atomic E-state index is -0.0389. The molecule has 0 saturated carbocycles. The zero-order valence-electron chi connectivity index (χ0n) is 17.4. The molecule has 1 saturated heterocycles. The van der Waals surface area contributed by atoms with Crippen LogP contribution in [0, 0.1) is 0 Å². The zero-order valence-corrected chi connectivity index (χ0v) is 18.2. The molecule has 1 aliphatic rings. The van der Waals surface area contributed by atoms with Crippen molar-refractivity contribution in [3.63, 3.8) is 0 Å². The predicted octanol–water partition coefficient (Wildman–Crippen LogP) is 2.94. The van der Waals surface area contributed by atoms with E-state index in [0.29, 0.717) is 23.8 Å². The van der Waals surface area contributed by atoms with E-state index in [1.54, 1.807) is 17.3 Å². The van der Waals surface area contributed by atoms with Gasteiger partial charge in [0.1, 0.15) is 12.6 Å². The predicted molar refractivity (Wildman–Crippen MR) is 117 cm³/mol. The number of furan rings is 1. The number of thioether (sulfide) groups is 1. The fourth-order valence-electron chi connectivity index (χ4n) is 3.73. The van der Waals surface area contributed by atoms with Crippen LogP contribution in [0.2, 0.25) is 0 Å². The molecule has 31 heavy (non-hydrogen) atoms. The molecule has 0 spiro atoms. The Morgan fingerprint density at radius 3 is 2.77 bits per heavy atom. The Balaban J connectivity index is 1.27. The second-order valence-corrected chi connectivity index (χ2v) is 8.34. The summed E-state index contributed by atoms with van der Waals surface area (Å²) < 4.78 is 6.92. The van der Waals surface area contributed by atoms with Crippen molar-refractivity contribution in [1.29, 1.82) is 0 Å². The molecule has 4 rings (SSSR count). The zero-order chi connectivity index (χ0) is 21.6. The van der Waals surface area contributed by atoms with E-state index in [2.05, 4.69) is 28.5 Å². The maximum Gasteiger partial charge on any atom is 0.257 e. The standard InChI is InChI=1S/C22H25N5O3S/c1-2-16-5-3-4-6-19(16)27-15-23-25-22(27)31-14-20(28)24-18-7-10-26(11-8-18)21(29)17-9-12-30-13-17/h3-6,9,12-13,15,18H,2,7-8,10-11,14H2,1H3,(H,24,28). The Kier molecular flexibility index (Phi) is 6.71. The van der Waals surface area contributed by atoms with Gasteiger partial charge in [-0.25, -0.2) is 0 Å². The molecule has 9 heteroatoms. The van der Waals surface area contributed by atoms with Gasteiger partial charge in [-0.1, -0.05) is 36.9 Å². The van der Waals surface area contributed by atoms with Crippen molar-refractivity contribution in [2.24, 2.45) is 0 Å². The number of piperidine rings is 1. The number of rotatable bonds is 7. The summed E-state index contributed by atoms with van der Waals surface area (Å²) in [5, 5.41) is 12.0. The monoisotopic (exact) mass is 439 g/mol. The molecular formula is C22H25N5O3S. The average Bonchev–Trinajstić information content (AvgIpc) is 3.50. The number of aryl methyl sites for hydroxylation is 1. The Labute approximate surface area is 185 Å². The van der Waals surface area contributed by atoms with Crippen LogP contribution in [0.15, 0.2) is 58.8 Å². The van der Waals surface area contributed by atoms with Crippen molar-refractivity contribution in [2.75, 3.05) is 18.8 Å². The number of nitrogens with one attached hydrogen (secondary N) is 1. The maximum atomic E-state index is 12.5. The topological polar surface area (TPSA) is 93.3 Å². The number of nitrogens with zero attached hydrogens (tertiary/aromatic N) is 4. The van der Waals surface area contributed by atoms with Crippen LogP contribution in [-0.2, 0) is 11.2 Å². The van der Waals surface area contributed by atoms with Gasteiger partial charge in [-0.3, -0.25) is 14.2 Å². The molecule has 1 aliphatic heterocycles. The number of para-hydroxylation sites is 1. The van der Waals surface area contributed by atoms with E-state index < -0.39 is 0 Å². The summed E-state index contributed by atoms with van der Waals surface area (Å²) in [7, 11) is 0. The molecule has 0 aliphatic carbocycles. The lowest BCUT2D eigenvalue weighted by atomic mass is 10.0. The lowest BCUT2D eigenvalue weighted by molar-refractivity contribution is -0.119. The highest BCUT2D eigenvalue weighted by molar-refractivity contribution is 7.99. The second kappa shape index (κ2) is 9.82. The third-order valence-corrected chi connectivity index (χ3v) is 6.34. The van der Waals surface area contributed by atoms with Crippen LogP contribution in [-0.4, -0.2) is 56.4 Å². The summed E-state index contributed by atoms with van der Waals surface area (Å²) in [5.74, 6) is 0.199. The third-order valence-electron chi connectivity index (χ3n) is 5.40. The number of hydrogen-bond donors (Lipinski definition) is 1.